The van der Waals surface area contributed by atoms with E-state index in [1.807, 2.05) is 6.92 Å². The Morgan fingerprint density at radius 3 is 2.43 bits per heavy atom. The van der Waals surface area contributed by atoms with Crippen molar-refractivity contribution in [3.63, 3.8) is 0 Å². The maximum Gasteiger partial charge on any atom is 0.303 e. The van der Waals surface area contributed by atoms with Gasteiger partial charge in [0.25, 0.3) is 0 Å². The van der Waals surface area contributed by atoms with Gasteiger partial charge in [-0.05, 0) is 24.8 Å². The van der Waals surface area contributed by atoms with Crippen LogP contribution in [0, 0.1) is 6.92 Å². The van der Waals surface area contributed by atoms with Crippen LogP contribution in [0.15, 0.2) is 24.3 Å². The summed E-state index contributed by atoms with van der Waals surface area (Å²) < 4.78 is 0. The number of carboxylic acid groups (broad SMARTS) is 1. The lowest BCUT2D eigenvalue weighted by atomic mass is 9.95. The largest absolute Gasteiger partial charge is 0.481 e. The van der Waals surface area contributed by atoms with Crippen molar-refractivity contribution in [2.24, 2.45) is 0 Å². The van der Waals surface area contributed by atoms with Crippen molar-refractivity contribution in [1.82, 2.24) is 0 Å². The van der Waals surface area contributed by atoms with Crippen LogP contribution in [0.4, 0.5) is 0 Å². The van der Waals surface area contributed by atoms with Crippen molar-refractivity contribution in [3.8, 4) is 0 Å². The molecule has 1 aromatic rings. The van der Waals surface area contributed by atoms with Crippen molar-refractivity contribution in [2.75, 3.05) is 0 Å². The number of benzene rings is 1. The molecule has 0 saturated carbocycles. The van der Waals surface area contributed by atoms with Gasteiger partial charge in [-0.15, -0.1) is 0 Å². The van der Waals surface area contributed by atoms with Gasteiger partial charge in [-0.3, -0.25) is 4.79 Å². The van der Waals surface area contributed by atoms with Gasteiger partial charge in [0, 0.05) is 6.42 Å². The molecular weight excluding hydrogens is 176 g/mol. The molecule has 76 valence electrons. The summed E-state index contributed by atoms with van der Waals surface area (Å²) >= 11 is 0. The molecule has 2 heteroatoms. The molecule has 0 aliphatic heterocycles. The lowest BCUT2D eigenvalue weighted by Crippen LogP contribution is -1.99. The molecule has 0 unspecified atom stereocenters. The van der Waals surface area contributed by atoms with Gasteiger partial charge in [0.05, 0.1) is 0 Å². The van der Waals surface area contributed by atoms with E-state index in [1.165, 1.54) is 11.1 Å². The molecule has 0 fully saturated rings. The van der Waals surface area contributed by atoms with Gasteiger partial charge in [-0.25, -0.2) is 0 Å². The van der Waals surface area contributed by atoms with Crippen LogP contribution >= 0.6 is 0 Å². The van der Waals surface area contributed by atoms with Crippen molar-refractivity contribution in [3.05, 3.63) is 35.4 Å². The fourth-order valence-electron chi connectivity index (χ4n) is 1.40. The third-order valence-corrected chi connectivity index (χ3v) is 2.44. The maximum atomic E-state index is 10.4. The molecule has 1 rings (SSSR count). The van der Waals surface area contributed by atoms with E-state index >= 15 is 0 Å². The molecule has 0 aliphatic rings. The zero-order valence-electron chi connectivity index (χ0n) is 8.66. The Labute approximate surface area is 84.6 Å². The molecule has 0 bridgehead atoms. The van der Waals surface area contributed by atoms with Crippen LogP contribution in [0.2, 0.25) is 0 Å². The summed E-state index contributed by atoms with van der Waals surface area (Å²) in [5.41, 5.74) is 2.45. The van der Waals surface area contributed by atoms with Crippen molar-refractivity contribution < 1.29 is 9.90 Å². The second kappa shape index (κ2) is 4.80. The van der Waals surface area contributed by atoms with Crippen LogP contribution in [0.1, 0.15) is 36.8 Å². The molecule has 0 radical (unpaired) electrons. The minimum absolute atomic E-state index is 0.245. The van der Waals surface area contributed by atoms with Crippen LogP contribution in [-0.4, -0.2) is 11.1 Å². The summed E-state index contributed by atoms with van der Waals surface area (Å²) in [6, 6.07) is 8.27. The number of aryl methyl sites for hydroxylation is 1. The Hall–Kier alpha value is -1.31. The van der Waals surface area contributed by atoms with E-state index in [4.69, 9.17) is 5.11 Å². The maximum absolute atomic E-state index is 10.4. The molecule has 0 aromatic heterocycles. The molecular formula is C12H16O2. The first-order valence-corrected chi connectivity index (χ1v) is 4.88. The van der Waals surface area contributed by atoms with Crippen molar-refractivity contribution >= 4 is 5.97 Å². The second-order valence-corrected chi connectivity index (χ2v) is 3.74. The standard InChI is InChI=1S/C12H16O2/c1-9-3-6-11(7-4-9)10(2)5-8-12(13)14/h3-4,6-7,10H,5,8H2,1-2H3,(H,13,14)/t10-/m1/s1. The van der Waals surface area contributed by atoms with Crippen LogP contribution in [0.5, 0.6) is 0 Å². The predicted octanol–water partition coefficient (Wildman–Crippen LogP) is 2.96. The highest BCUT2D eigenvalue weighted by Crippen LogP contribution is 2.20. The fraction of sp³-hybridized carbons (Fsp3) is 0.417. The van der Waals surface area contributed by atoms with E-state index in [2.05, 4.69) is 31.2 Å². The summed E-state index contributed by atoms with van der Waals surface area (Å²) in [4.78, 5) is 10.4. The van der Waals surface area contributed by atoms with Crippen LogP contribution in [0.25, 0.3) is 0 Å². The van der Waals surface area contributed by atoms with Gasteiger partial charge >= 0.3 is 5.97 Å². The molecule has 0 aliphatic carbocycles. The molecule has 1 atom stereocenters. The zero-order valence-corrected chi connectivity index (χ0v) is 8.66. The van der Waals surface area contributed by atoms with E-state index in [0.717, 1.165) is 0 Å². The third kappa shape index (κ3) is 3.21. The van der Waals surface area contributed by atoms with E-state index in [-0.39, 0.29) is 6.42 Å². The van der Waals surface area contributed by atoms with Gasteiger partial charge in [0.2, 0.25) is 0 Å². The number of hydrogen-bond acceptors (Lipinski definition) is 1. The number of carbonyl (C=O) groups is 1. The third-order valence-electron chi connectivity index (χ3n) is 2.44. The Kier molecular flexibility index (Phi) is 3.69. The molecule has 0 amide bonds. The highest BCUT2D eigenvalue weighted by molar-refractivity contribution is 5.66. The van der Waals surface area contributed by atoms with E-state index < -0.39 is 5.97 Å². The average molecular weight is 192 g/mol. The highest BCUT2D eigenvalue weighted by Gasteiger charge is 2.07. The molecule has 0 spiro atoms. The summed E-state index contributed by atoms with van der Waals surface area (Å²) in [6.07, 6.45) is 0.952. The molecule has 1 N–H and O–H groups in total. The molecule has 1 aromatic carbocycles. The van der Waals surface area contributed by atoms with Gasteiger partial charge in [0.1, 0.15) is 0 Å². The smallest absolute Gasteiger partial charge is 0.303 e. The normalized spacial score (nSPS) is 12.4. The van der Waals surface area contributed by atoms with Gasteiger partial charge < -0.3 is 5.11 Å². The summed E-state index contributed by atoms with van der Waals surface area (Å²) in [5, 5.41) is 8.55. The first kappa shape index (κ1) is 10.8. The Morgan fingerprint density at radius 1 is 1.36 bits per heavy atom. The number of hydrogen-bond donors (Lipinski definition) is 1. The lowest BCUT2D eigenvalue weighted by molar-refractivity contribution is -0.137. The van der Waals surface area contributed by atoms with Crippen LogP contribution < -0.4 is 0 Å². The lowest BCUT2D eigenvalue weighted by Gasteiger charge is -2.10. The second-order valence-electron chi connectivity index (χ2n) is 3.74. The Bertz CT molecular complexity index is 301. The Balaban J connectivity index is 2.56. The van der Waals surface area contributed by atoms with Crippen LogP contribution in [-0.2, 0) is 4.79 Å². The number of aliphatic carboxylic acids is 1. The minimum Gasteiger partial charge on any atom is -0.481 e. The SMILES string of the molecule is Cc1ccc([C@H](C)CCC(=O)O)cc1. The van der Waals surface area contributed by atoms with E-state index in [1.54, 1.807) is 0 Å². The summed E-state index contributed by atoms with van der Waals surface area (Å²) in [7, 11) is 0. The zero-order chi connectivity index (χ0) is 10.6. The first-order valence-electron chi connectivity index (χ1n) is 4.88. The molecule has 0 heterocycles. The van der Waals surface area contributed by atoms with E-state index in [9.17, 15) is 4.79 Å². The number of carboxylic acids is 1. The molecule has 2 nitrogen and oxygen atoms in total. The average Bonchev–Trinajstić information content (AvgIpc) is 2.15. The van der Waals surface area contributed by atoms with E-state index in [0.29, 0.717) is 12.3 Å². The first-order chi connectivity index (χ1) is 6.59. The summed E-state index contributed by atoms with van der Waals surface area (Å²) in [6.45, 7) is 4.11. The van der Waals surface area contributed by atoms with Gasteiger partial charge in [-0.1, -0.05) is 36.8 Å². The number of rotatable bonds is 4. The summed E-state index contributed by atoms with van der Waals surface area (Å²) in [5.74, 6) is -0.393. The quantitative estimate of drug-likeness (QED) is 0.796. The Morgan fingerprint density at radius 2 is 1.93 bits per heavy atom. The molecule has 0 saturated heterocycles. The van der Waals surface area contributed by atoms with Gasteiger partial charge in [0.15, 0.2) is 0 Å². The molecule has 14 heavy (non-hydrogen) atoms. The fourth-order valence-corrected chi connectivity index (χ4v) is 1.40. The van der Waals surface area contributed by atoms with Gasteiger partial charge in [-0.2, -0.15) is 0 Å². The topological polar surface area (TPSA) is 37.3 Å². The minimum atomic E-state index is -0.719. The highest BCUT2D eigenvalue weighted by atomic mass is 16.4. The predicted molar refractivity (Wildman–Crippen MR) is 56.5 cm³/mol. The van der Waals surface area contributed by atoms with Crippen molar-refractivity contribution in [2.45, 2.75) is 32.6 Å². The monoisotopic (exact) mass is 192 g/mol. The van der Waals surface area contributed by atoms with Crippen LogP contribution in [0.3, 0.4) is 0 Å². The van der Waals surface area contributed by atoms with Crippen molar-refractivity contribution in [1.29, 1.82) is 0 Å².